The van der Waals surface area contributed by atoms with Crippen LogP contribution in [0.3, 0.4) is 0 Å². The van der Waals surface area contributed by atoms with E-state index in [-0.39, 0.29) is 13.2 Å². The van der Waals surface area contributed by atoms with E-state index in [1.54, 1.807) is 13.8 Å². The molecular formula is C12H16N2O7. The van der Waals surface area contributed by atoms with Gasteiger partial charge in [0, 0.05) is 0 Å². The van der Waals surface area contributed by atoms with Gasteiger partial charge in [0.25, 0.3) is 0 Å². The molecule has 0 aromatic rings. The van der Waals surface area contributed by atoms with Gasteiger partial charge in [-0.05, 0) is 13.8 Å². The normalized spacial score (nSPS) is 15.2. The van der Waals surface area contributed by atoms with Crippen molar-refractivity contribution in [3.05, 3.63) is 0 Å². The number of nitrogens with zero attached hydrogens (tertiary/aromatic N) is 2. The number of hydrogen-bond acceptors (Lipinski definition) is 7. The van der Waals surface area contributed by atoms with E-state index in [1.165, 1.54) is 0 Å². The van der Waals surface area contributed by atoms with Crippen LogP contribution in [0.15, 0.2) is 0 Å². The predicted molar refractivity (Wildman–Crippen MR) is 66.7 cm³/mol. The number of carbonyl (C=O) groups is 5. The Bertz CT molecular complexity index is 434. The van der Waals surface area contributed by atoms with Gasteiger partial charge < -0.3 is 9.47 Å². The average Bonchev–Trinajstić information content (AvgIpc) is 2.40. The van der Waals surface area contributed by atoms with E-state index in [0.29, 0.717) is 9.80 Å². The van der Waals surface area contributed by atoms with E-state index in [2.05, 4.69) is 9.47 Å². The Morgan fingerprint density at radius 3 is 1.62 bits per heavy atom. The van der Waals surface area contributed by atoms with Crippen molar-refractivity contribution in [2.45, 2.75) is 20.3 Å². The second kappa shape index (κ2) is 7.36. The SMILES string of the molecule is CCOC(=O)CN1C(=O)CC(=O)N(CC(=O)OCC)C1=O. The summed E-state index contributed by atoms with van der Waals surface area (Å²) in [6, 6.07) is -1.03. The highest BCUT2D eigenvalue weighted by molar-refractivity contribution is 6.15. The van der Waals surface area contributed by atoms with Crippen molar-refractivity contribution in [2.75, 3.05) is 26.3 Å². The van der Waals surface area contributed by atoms with Crippen LogP contribution in [0.4, 0.5) is 4.79 Å². The summed E-state index contributed by atoms with van der Waals surface area (Å²) in [5.41, 5.74) is 0. The first-order valence-electron chi connectivity index (χ1n) is 6.36. The second-order valence-electron chi connectivity index (χ2n) is 4.03. The lowest BCUT2D eigenvalue weighted by Gasteiger charge is -2.31. The fraction of sp³-hybridized carbons (Fsp3) is 0.583. The number of ether oxygens (including phenoxy) is 2. The van der Waals surface area contributed by atoms with Gasteiger partial charge in [-0.15, -0.1) is 0 Å². The van der Waals surface area contributed by atoms with Gasteiger partial charge in [0.05, 0.1) is 13.2 Å². The molecule has 1 saturated heterocycles. The van der Waals surface area contributed by atoms with Gasteiger partial charge in [0.1, 0.15) is 19.5 Å². The highest BCUT2D eigenvalue weighted by atomic mass is 16.5. The number of esters is 2. The number of urea groups is 1. The maximum absolute atomic E-state index is 12.0. The van der Waals surface area contributed by atoms with Crippen LogP contribution in [-0.4, -0.2) is 65.9 Å². The van der Waals surface area contributed by atoms with Crippen LogP contribution in [0.25, 0.3) is 0 Å². The number of hydrogen-bond donors (Lipinski definition) is 0. The summed E-state index contributed by atoms with van der Waals surface area (Å²) >= 11 is 0. The zero-order valence-corrected chi connectivity index (χ0v) is 11.8. The van der Waals surface area contributed by atoms with E-state index < -0.39 is 49.3 Å². The fourth-order valence-electron chi connectivity index (χ4n) is 1.66. The molecule has 0 aliphatic carbocycles. The molecule has 1 heterocycles. The van der Waals surface area contributed by atoms with Crippen LogP contribution >= 0.6 is 0 Å². The van der Waals surface area contributed by atoms with Crippen LogP contribution in [-0.2, 0) is 28.7 Å². The van der Waals surface area contributed by atoms with E-state index in [0.717, 1.165) is 0 Å². The predicted octanol–water partition coefficient (Wildman–Crippen LogP) is -0.706. The Balaban J connectivity index is 2.79. The molecule has 116 valence electrons. The number of amides is 4. The molecule has 1 aliphatic heterocycles. The van der Waals surface area contributed by atoms with Gasteiger partial charge in [-0.2, -0.15) is 0 Å². The van der Waals surface area contributed by atoms with Crippen molar-refractivity contribution in [3.8, 4) is 0 Å². The molecule has 1 fully saturated rings. The topological polar surface area (TPSA) is 110 Å². The molecule has 0 aromatic carbocycles. The number of imide groups is 2. The molecule has 1 aliphatic rings. The highest BCUT2D eigenvalue weighted by Gasteiger charge is 2.40. The summed E-state index contributed by atoms with van der Waals surface area (Å²) in [4.78, 5) is 59.2. The van der Waals surface area contributed by atoms with Crippen molar-refractivity contribution in [1.29, 1.82) is 0 Å². The quantitative estimate of drug-likeness (QED) is 0.471. The van der Waals surface area contributed by atoms with Crippen LogP contribution in [0.2, 0.25) is 0 Å². The lowest BCUT2D eigenvalue weighted by Crippen LogP contribution is -2.57. The maximum Gasteiger partial charge on any atom is 0.334 e. The molecule has 0 spiro atoms. The number of rotatable bonds is 6. The Morgan fingerprint density at radius 1 is 0.905 bits per heavy atom. The summed E-state index contributed by atoms with van der Waals surface area (Å²) in [6.07, 6.45) is -0.593. The molecule has 0 atom stereocenters. The van der Waals surface area contributed by atoms with Gasteiger partial charge in [-0.3, -0.25) is 29.0 Å². The summed E-state index contributed by atoms with van der Waals surface area (Å²) in [5, 5.41) is 0. The molecule has 9 heteroatoms. The molecule has 9 nitrogen and oxygen atoms in total. The summed E-state index contributed by atoms with van der Waals surface area (Å²) in [5.74, 6) is -3.16. The molecule has 4 amide bonds. The summed E-state index contributed by atoms with van der Waals surface area (Å²) in [6.45, 7) is 2.15. The van der Waals surface area contributed by atoms with E-state index in [1.807, 2.05) is 0 Å². The first kappa shape index (κ1) is 16.6. The van der Waals surface area contributed by atoms with Crippen molar-refractivity contribution < 1.29 is 33.4 Å². The van der Waals surface area contributed by atoms with Crippen molar-refractivity contribution >= 4 is 29.8 Å². The standard InChI is InChI=1S/C12H16N2O7/c1-3-20-10(17)6-13-8(15)5-9(16)14(12(13)19)7-11(18)21-4-2/h3-7H2,1-2H3. The molecule has 0 aromatic heterocycles. The Labute approximate surface area is 120 Å². The minimum atomic E-state index is -1.03. The third-order valence-electron chi connectivity index (χ3n) is 2.55. The lowest BCUT2D eigenvalue weighted by atomic mass is 10.2. The smallest absolute Gasteiger partial charge is 0.334 e. The van der Waals surface area contributed by atoms with Gasteiger partial charge in [0.2, 0.25) is 11.8 Å². The monoisotopic (exact) mass is 300 g/mol. The van der Waals surface area contributed by atoms with Gasteiger partial charge in [-0.1, -0.05) is 0 Å². The van der Waals surface area contributed by atoms with Crippen LogP contribution < -0.4 is 0 Å². The Hall–Kier alpha value is -2.45. The molecule has 0 N–H and O–H groups in total. The molecule has 1 rings (SSSR count). The first-order valence-corrected chi connectivity index (χ1v) is 6.36. The van der Waals surface area contributed by atoms with E-state index >= 15 is 0 Å². The Morgan fingerprint density at radius 2 is 1.29 bits per heavy atom. The summed E-state index contributed by atoms with van der Waals surface area (Å²) in [7, 11) is 0. The minimum Gasteiger partial charge on any atom is -0.465 e. The summed E-state index contributed by atoms with van der Waals surface area (Å²) < 4.78 is 9.29. The Kier molecular flexibility index (Phi) is 5.82. The van der Waals surface area contributed by atoms with Crippen LogP contribution in [0.5, 0.6) is 0 Å². The molecule has 0 saturated carbocycles. The highest BCUT2D eigenvalue weighted by Crippen LogP contribution is 2.12. The minimum absolute atomic E-state index is 0.0977. The van der Waals surface area contributed by atoms with Gasteiger partial charge >= 0.3 is 18.0 Å². The second-order valence-corrected chi connectivity index (χ2v) is 4.03. The van der Waals surface area contributed by atoms with Crippen molar-refractivity contribution in [3.63, 3.8) is 0 Å². The fourth-order valence-corrected chi connectivity index (χ4v) is 1.66. The van der Waals surface area contributed by atoms with Crippen molar-refractivity contribution in [2.24, 2.45) is 0 Å². The maximum atomic E-state index is 12.0. The van der Waals surface area contributed by atoms with E-state index in [4.69, 9.17) is 0 Å². The first-order chi connectivity index (χ1) is 9.90. The van der Waals surface area contributed by atoms with E-state index in [9.17, 15) is 24.0 Å². The number of carbonyl (C=O) groups excluding carboxylic acids is 5. The lowest BCUT2D eigenvalue weighted by molar-refractivity contribution is -0.154. The zero-order chi connectivity index (χ0) is 16.0. The average molecular weight is 300 g/mol. The zero-order valence-electron chi connectivity index (χ0n) is 11.8. The molecule has 0 radical (unpaired) electrons. The largest absolute Gasteiger partial charge is 0.465 e. The van der Waals surface area contributed by atoms with Gasteiger partial charge in [0.15, 0.2) is 0 Å². The molecule has 0 unspecified atom stereocenters. The molecule has 21 heavy (non-hydrogen) atoms. The third-order valence-corrected chi connectivity index (χ3v) is 2.55. The van der Waals surface area contributed by atoms with Crippen LogP contribution in [0, 0.1) is 0 Å². The molecular weight excluding hydrogens is 284 g/mol. The number of barbiturate groups is 1. The van der Waals surface area contributed by atoms with Gasteiger partial charge in [-0.25, -0.2) is 4.79 Å². The third kappa shape index (κ3) is 4.26. The van der Waals surface area contributed by atoms with Crippen molar-refractivity contribution in [1.82, 2.24) is 9.80 Å². The molecule has 0 bridgehead atoms. The van der Waals surface area contributed by atoms with Crippen LogP contribution in [0.1, 0.15) is 20.3 Å².